The van der Waals surface area contributed by atoms with E-state index < -0.39 is 5.97 Å². The van der Waals surface area contributed by atoms with Gasteiger partial charge in [-0.15, -0.1) is 0 Å². The summed E-state index contributed by atoms with van der Waals surface area (Å²) < 4.78 is 5.44. The predicted octanol–water partition coefficient (Wildman–Crippen LogP) is 4.42. The molecule has 0 heterocycles. The molecule has 3 unspecified atom stereocenters. The summed E-state index contributed by atoms with van der Waals surface area (Å²) in [7, 11) is 1.71. The normalized spacial score (nSPS) is 22.1. The molecule has 1 saturated carbocycles. The molecule has 0 radical (unpaired) electrons. The van der Waals surface area contributed by atoms with Gasteiger partial charge in [-0.25, -0.2) is 0 Å². The minimum Gasteiger partial charge on any atom is -0.496 e. The van der Waals surface area contributed by atoms with Crippen LogP contribution in [0.15, 0.2) is 18.2 Å². The van der Waals surface area contributed by atoms with Gasteiger partial charge in [0.2, 0.25) is 0 Å². The summed E-state index contributed by atoms with van der Waals surface area (Å²) in [6, 6.07) is 6.43. The topological polar surface area (TPSA) is 46.5 Å². The van der Waals surface area contributed by atoms with Crippen LogP contribution in [0.25, 0.3) is 0 Å². The van der Waals surface area contributed by atoms with E-state index in [9.17, 15) is 4.79 Å². The van der Waals surface area contributed by atoms with Gasteiger partial charge in [0.15, 0.2) is 0 Å². The lowest BCUT2D eigenvalue weighted by Crippen LogP contribution is -2.05. The van der Waals surface area contributed by atoms with Crippen molar-refractivity contribution in [2.45, 2.75) is 51.9 Å². The minimum absolute atomic E-state index is 0.109. The van der Waals surface area contributed by atoms with E-state index in [0.717, 1.165) is 25.0 Å². The standard InChI is InChI=1S/C18H26O3/c1-5-12(8-14-10-16(14)18(19)20)13-6-7-17(21-4)15(9-13)11(2)3/h6-7,9,11-12,14,16H,5,8,10H2,1-4H3,(H,19,20). The number of hydrogen-bond acceptors (Lipinski definition) is 2. The van der Waals surface area contributed by atoms with E-state index in [1.54, 1.807) is 7.11 Å². The van der Waals surface area contributed by atoms with Crippen molar-refractivity contribution in [3.8, 4) is 5.75 Å². The van der Waals surface area contributed by atoms with E-state index in [-0.39, 0.29) is 5.92 Å². The van der Waals surface area contributed by atoms with Gasteiger partial charge in [-0.05, 0) is 54.2 Å². The number of aliphatic carboxylic acids is 1. The van der Waals surface area contributed by atoms with Gasteiger partial charge in [0, 0.05) is 0 Å². The molecule has 0 saturated heterocycles. The summed E-state index contributed by atoms with van der Waals surface area (Å²) in [5.74, 6) is 1.43. The molecule has 21 heavy (non-hydrogen) atoms. The zero-order valence-corrected chi connectivity index (χ0v) is 13.4. The fraction of sp³-hybridized carbons (Fsp3) is 0.611. The van der Waals surface area contributed by atoms with Gasteiger partial charge in [-0.2, -0.15) is 0 Å². The molecule has 3 atom stereocenters. The lowest BCUT2D eigenvalue weighted by Gasteiger charge is -2.19. The Morgan fingerprint density at radius 2 is 2.14 bits per heavy atom. The van der Waals surface area contributed by atoms with Crippen molar-refractivity contribution >= 4 is 5.97 Å². The zero-order chi connectivity index (χ0) is 15.6. The maximum absolute atomic E-state index is 11.0. The Morgan fingerprint density at radius 3 is 2.62 bits per heavy atom. The van der Waals surface area contributed by atoms with Crippen LogP contribution in [0.1, 0.15) is 63.0 Å². The molecular formula is C18H26O3. The van der Waals surface area contributed by atoms with Crippen LogP contribution in [-0.4, -0.2) is 18.2 Å². The average Bonchev–Trinajstić information content (AvgIpc) is 3.23. The van der Waals surface area contributed by atoms with Crippen molar-refractivity contribution in [3.05, 3.63) is 29.3 Å². The Hall–Kier alpha value is -1.51. The first-order valence-electron chi connectivity index (χ1n) is 7.88. The van der Waals surface area contributed by atoms with Crippen LogP contribution in [0.5, 0.6) is 5.75 Å². The maximum Gasteiger partial charge on any atom is 0.306 e. The number of ether oxygens (including phenoxy) is 1. The van der Waals surface area contributed by atoms with Crippen LogP contribution >= 0.6 is 0 Å². The Bertz CT molecular complexity index is 507. The largest absolute Gasteiger partial charge is 0.496 e. The number of carboxylic acids is 1. The minimum atomic E-state index is -0.632. The molecule has 1 fully saturated rings. The second kappa shape index (κ2) is 6.50. The fourth-order valence-electron chi connectivity index (χ4n) is 3.17. The SMILES string of the molecule is CCC(CC1CC1C(=O)O)c1ccc(OC)c(C(C)C)c1. The number of carboxylic acid groups (broad SMARTS) is 1. The predicted molar refractivity (Wildman–Crippen MR) is 84.0 cm³/mol. The second-order valence-electron chi connectivity index (χ2n) is 6.44. The lowest BCUT2D eigenvalue weighted by atomic mass is 9.88. The van der Waals surface area contributed by atoms with E-state index in [4.69, 9.17) is 9.84 Å². The highest BCUT2D eigenvalue weighted by Crippen LogP contribution is 2.46. The average molecular weight is 290 g/mol. The summed E-state index contributed by atoms with van der Waals surface area (Å²) in [6.07, 6.45) is 2.88. The summed E-state index contributed by atoms with van der Waals surface area (Å²) in [4.78, 5) is 11.0. The van der Waals surface area contributed by atoms with Crippen LogP contribution in [0.2, 0.25) is 0 Å². The molecule has 1 aliphatic carbocycles. The van der Waals surface area contributed by atoms with Crippen molar-refractivity contribution < 1.29 is 14.6 Å². The molecule has 3 heteroatoms. The van der Waals surface area contributed by atoms with Gasteiger partial charge in [0.25, 0.3) is 0 Å². The molecule has 0 aliphatic heterocycles. The second-order valence-corrected chi connectivity index (χ2v) is 6.44. The summed E-state index contributed by atoms with van der Waals surface area (Å²) in [6.45, 7) is 6.52. The van der Waals surface area contributed by atoms with Gasteiger partial charge in [0.1, 0.15) is 5.75 Å². The molecule has 116 valence electrons. The molecule has 3 nitrogen and oxygen atoms in total. The molecule has 2 rings (SSSR count). The van der Waals surface area contributed by atoms with Gasteiger partial charge in [-0.1, -0.05) is 32.9 Å². The highest BCUT2D eigenvalue weighted by Gasteiger charge is 2.43. The molecular weight excluding hydrogens is 264 g/mol. The van der Waals surface area contributed by atoms with Gasteiger partial charge >= 0.3 is 5.97 Å². The molecule has 0 aromatic heterocycles. The van der Waals surface area contributed by atoms with Crippen LogP contribution in [0.4, 0.5) is 0 Å². The Morgan fingerprint density at radius 1 is 1.43 bits per heavy atom. The number of carbonyl (C=O) groups is 1. The third kappa shape index (κ3) is 3.58. The number of benzene rings is 1. The first-order chi connectivity index (χ1) is 9.97. The first-order valence-corrected chi connectivity index (χ1v) is 7.88. The number of rotatable bonds is 7. The van der Waals surface area contributed by atoms with Crippen LogP contribution in [0, 0.1) is 11.8 Å². The molecule has 1 N–H and O–H groups in total. The van der Waals surface area contributed by atoms with E-state index in [2.05, 4.69) is 39.0 Å². The molecule has 0 spiro atoms. The van der Waals surface area contributed by atoms with E-state index in [1.807, 2.05) is 0 Å². The Labute approximate surface area is 127 Å². The Balaban J connectivity index is 2.15. The third-order valence-corrected chi connectivity index (χ3v) is 4.67. The van der Waals surface area contributed by atoms with Crippen molar-refractivity contribution in [1.82, 2.24) is 0 Å². The van der Waals surface area contributed by atoms with E-state index >= 15 is 0 Å². The number of methoxy groups -OCH3 is 1. The summed E-state index contributed by atoms with van der Waals surface area (Å²) >= 11 is 0. The van der Waals surface area contributed by atoms with Crippen molar-refractivity contribution in [2.75, 3.05) is 7.11 Å². The monoisotopic (exact) mass is 290 g/mol. The molecule has 1 aliphatic rings. The fourth-order valence-corrected chi connectivity index (χ4v) is 3.17. The Kier molecular flexibility index (Phi) is 4.92. The zero-order valence-electron chi connectivity index (χ0n) is 13.4. The van der Waals surface area contributed by atoms with Gasteiger partial charge in [0.05, 0.1) is 13.0 Å². The van der Waals surface area contributed by atoms with E-state index in [0.29, 0.717) is 17.8 Å². The van der Waals surface area contributed by atoms with Crippen LogP contribution in [-0.2, 0) is 4.79 Å². The van der Waals surface area contributed by atoms with Crippen LogP contribution in [0.3, 0.4) is 0 Å². The van der Waals surface area contributed by atoms with Crippen LogP contribution < -0.4 is 4.74 Å². The smallest absolute Gasteiger partial charge is 0.306 e. The molecule has 1 aromatic rings. The molecule has 0 amide bonds. The quantitative estimate of drug-likeness (QED) is 0.808. The van der Waals surface area contributed by atoms with Crippen molar-refractivity contribution in [2.24, 2.45) is 11.8 Å². The van der Waals surface area contributed by atoms with Crippen molar-refractivity contribution in [3.63, 3.8) is 0 Å². The molecule has 0 bridgehead atoms. The molecule has 1 aromatic carbocycles. The van der Waals surface area contributed by atoms with Gasteiger partial charge < -0.3 is 9.84 Å². The highest BCUT2D eigenvalue weighted by atomic mass is 16.5. The lowest BCUT2D eigenvalue weighted by molar-refractivity contribution is -0.138. The summed E-state index contributed by atoms with van der Waals surface area (Å²) in [5.41, 5.74) is 2.55. The number of hydrogen-bond donors (Lipinski definition) is 1. The van der Waals surface area contributed by atoms with Gasteiger partial charge in [-0.3, -0.25) is 4.79 Å². The highest BCUT2D eigenvalue weighted by molar-refractivity contribution is 5.73. The first kappa shape index (κ1) is 15.9. The third-order valence-electron chi connectivity index (χ3n) is 4.67. The summed E-state index contributed by atoms with van der Waals surface area (Å²) in [5, 5.41) is 9.05. The van der Waals surface area contributed by atoms with Crippen molar-refractivity contribution in [1.29, 1.82) is 0 Å². The van der Waals surface area contributed by atoms with E-state index in [1.165, 1.54) is 11.1 Å². The maximum atomic E-state index is 11.0.